The van der Waals surface area contributed by atoms with E-state index in [1.165, 1.54) is 12.8 Å². The molecule has 1 unspecified atom stereocenters. The predicted molar refractivity (Wildman–Crippen MR) is 81.8 cm³/mol. The molecule has 1 saturated carbocycles. The van der Waals surface area contributed by atoms with Gasteiger partial charge in [0.25, 0.3) is 0 Å². The van der Waals surface area contributed by atoms with Crippen molar-refractivity contribution in [2.24, 2.45) is 5.73 Å². The van der Waals surface area contributed by atoms with Crippen LogP contribution in [0.4, 0.5) is 0 Å². The Morgan fingerprint density at radius 3 is 2.45 bits per heavy atom. The molecule has 0 radical (unpaired) electrons. The molecular weight excluding hydrogens is 250 g/mol. The maximum atomic E-state index is 6.60. The Hall–Kier alpha value is -1.13. The SMILES string of the molecule is CC(C)Oc1cncc(C(N)C2(N(C)C)CCCC2)c1. The van der Waals surface area contributed by atoms with Crippen molar-refractivity contribution in [2.45, 2.75) is 57.2 Å². The molecule has 2 N–H and O–H groups in total. The molecule has 0 aliphatic heterocycles. The zero-order valence-electron chi connectivity index (χ0n) is 13.1. The number of hydrogen-bond acceptors (Lipinski definition) is 4. The van der Waals surface area contributed by atoms with Gasteiger partial charge >= 0.3 is 0 Å². The van der Waals surface area contributed by atoms with Crippen molar-refractivity contribution in [3.8, 4) is 5.75 Å². The highest BCUT2D eigenvalue weighted by atomic mass is 16.5. The number of nitrogens with zero attached hydrogens (tertiary/aromatic N) is 2. The van der Waals surface area contributed by atoms with Gasteiger partial charge in [0.2, 0.25) is 0 Å². The standard InChI is InChI=1S/C16H27N3O/c1-12(2)20-14-9-13(10-18-11-14)15(17)16(19(3)4)7-5-6-8-16/h9-12,15H,5-8,17H2,1-4H3. The van der Waals surface area contributed by atoms with Gasteiger partial charge in [0.05, 0.1) is 12.3 Å². The second kappa shape index (κ2) is 6.10. The quantitative estimate of drug-likeness (QED) is 0.899. The molecule has 1 atom stereocenters. The molecule has 0 amide bonds. The minimum atomic E-state index is -0.0248. The van der Waals surface area contributed by atoms with Crippen LogP contribution < -0.4 is 10.5 Å². The maximum Gasteiger partial charge on any atom is 0.138 e. The van der Waals surface area contributed by atoms with Crippen LogP contribution in [0.1, 0.15) is 51.1 Å². The third-order valence-electron chi connectivity index (χ3n) is 4.40. The minimum Gasteiger partial charge on any atom is -0.489 e. The molecule has 1 heterocycles. The monoisotopic (exact) mass is 277 g/mol. The fourth-order valence-electron chi connectivity index (χ4n) is 3.28. The molecule has 112 valence electrons. The van der Waals surface area contributed by atoms with Gasteiger partial charge in [0.1, 0.15) is 5.75 Å². The Bertz CT molecular complexity index is 439. The van der Waals surface area contributed by atoms with Gasteiger partial charge in [-0.15, -0.1) is 0 Å². The van der Waals surface area contributed by atoms with Gasteiger partial charge in [-0.25, -0.2) is 0 Å². The van der Waals surface area contributed by atoms with Crippen LogP contribution in [0.25, 0.3) is 0 Å². The smallest absolute Gasteiger partial charge is 0.138 e. The third-order valence-corrected chi connectivity index (χ3v) is 4.40. The molecule has 0 saturated heterocycles. The summed E-state index contributed by atoms with van der Waals surface area (Å²) in [5, 5.41) is 0. The van der Waals surface area contributed by atoms with Crippen LogP contribution >= 0.6 is 0 Å². The van der Waals surface area contributed by atoms with E-state index in [0.717, 1.165) is 24.2 Å². The fourth-order valence-corrected chi connectivity index (χ4v) is 3.28. The maximum absolute atomic E-state index is 6.60. The Morgan fingerprint density at radius 1 is 1.25 bits per heavy atom. The Kier molecular flexibility index (Phi) is 4.66. The average molecular weight is 277 g/mol. The summed E-state index contributed by atoms with van der Waals surface area (Å²) in [5.74, 6) is 0.805. The molecular formula is C16H27N3O. The first-order chi connectivity index (χ1) is 9.45. The lowest BCUT2D eigenvalue weighted by Crippen LogP contribution is -2.50. The van der Waals surface area contributed by atoms with Crippen LogP contribution in [0, 0.1) is 0 Å². The van der Waals surface area contributed by atoms with Gasteiger partial charge in [-0.3, -0.25) is 4.98 Å². The molecule has 1 aromatic rings. The largest absolute Gasteiger partial charge is 0.489 e. The number of likely N-dealkylation sites (N-methyl/N-ethyl adjacent to an activating group) is 1. The van der Waals surface area contributed by atoms with Crippen molar-refractivity contribution >= 4 is 0 Å². The summed E-state index contributed by atoms with van der Waals surface area (Å²) in [7, 11) is 4.26. The van der Waals surface area contributed by atoms with Gasteiger partial charge < -0.3 is 15.4 Å². The summed E-state index contributed by atoms with van der Waals surface area (Å²) in [4.78, 5) is 6.59. The van der Waals surface area contributed by atoms with Gasteiger partial charge in [0.15, 0.2) is 0 Å². The molecule has 1 aromatic heterocycles. The van der Waals surface area contributed by atoms with Crippen LogP contribution in [0.15, 0.2) is 18.5 Å². The van der Waals surface area contributed by atoms with Gasteiger partial charge in [-0.2, -0.15) is 0 Å². The highest BCUT2D eigenvalue weighted by molar-refractivity contribution is 5.29. The van der Waals surface area contributed by atoms with E-state index in [0.29, 0.717) is 0 Å². The van der Waals surface area contributed by atoms with Gasteiger partial charge in [0, 0.05) is 17.8 Å². The second-order valence-corrected chi connectivity index (χ2v) is 6.30. The lowest BCUT2D eigenvalue weighted by molar-refractivity contribution is 0.123. The number of ether oxygens (including phenoxy) is 1. The van der Waals surface area contributed by atoms with E-state index in [9.17, 15) is 0 Å². The topological polar surface area (TPSA) is 51.4 Å². The first-order valence-corrected chi connectivity index (χ1v) is 7.50. The minimum absolute atomic E-state index is 0.0248. The van der Waals surface area contributed by atoms with Crippen LogP contribution in [-0.4, -0.2) is 35.6 Å². The first-order valence-electron chi connectivity index (χ1n) is 7.50. The van der Waals surface area contributed by atoms with Gasteiger partial charge in [-0.1, -0.05) is 12.8 Å². The average Bonchev–Trinajstić information content (AvgIpc) is 2.88. The Morgan fingerprint density at radius 2 is 1.90 bits per heavy atom. The molecule has 1 aliphatic carbocycles. The number of rotatable bonds is 5. The summed E-state index contributed by atoms with van der Waals surface area (Å²) in [5.41, 5.74) is 7.72. The molecule has 1 aliphatic rings. The molecule has 0 bridgehead atoms. The van der Waals surface area contributed by atoms with Crippen LogP contribution in [0.2, 0.25) is 0 Å². The van der Waals surface area contributed by atoms with E-state index in [2.05, 4.69) is 24.0 Å². The van der Waals surface area contributed by atoms with E-state index in [-0.39, 0.29) is 17.7 Å². The molecule has 0 aromatic carbocycles. The second-order valence-electron chi connectivity index (χ2n) is 6.30. The first kappa shape index (κ1) is 15.3. The fraction of sp³-hybridized carbons (Fsp3) is 0.688. The van der Waals surface area contributed by atoms with Crippen molar-refractivity contribution in [2.75, 3.05) is 14.1 Å². The number of aromatic nitrogens is 1. The summed E-state index contributed by atoms with van der Waals surface area (Å²) in [6.45, 7) is 4.04. The highest BCUT2D eigenvalue weighted by Gasteiger charge is 2.42. The third kappa shape index (κ3) is 2.96. The summed E-state index contributed by atoms with van der Waals surface area (Å²) in [6, 6.07) is 2.02. The molecule has 0 spiro atoms. The molecule has 2 rings (SSSR count). The van der Waals surface area contributed by atoms with Crippen LogP contribution in [0.5, 0.6) is 5.75 Å². The van der Waals surface area contributed by atoms with Crippen LogP contribution in [0.3, 0.4) is 0 Å². The van der Waals surface area contributed by atoms with E-state index in [4.69, 9.17) is 10.5 Å². The Balaban J connectivity index is 2.25. The summed E-state index contributed by atoms with van der Waals surface area (Å²) in [6.07, 6.45) is 8.59. The zero-order chi connectivity index (χ0) is 14.8. The van der Waals surface area contributed by atoms with E-state index >= 15 is 0 Å². The van der Waals surface area contributed by atoms with E-state index in [1.54, 1.807) is 6.20 Å². The molecule has 4 nitrogen and oxygen atoms in total. The number of hydrogen-bond donors (Lipinski definition) is 1. The molecule has 1 fully saturated rings. The molecule has 20 heavy (non-hydrogen) atoms. The lowest BCUT2D eigenvalue weighted by Gasteiger charge is -2.41. The lowest BCUT2D eigenvalue weighted by atomic mass is 9.83. The van der Waals surface area contributed by atoms with E-state index in [1.807, 2.05) is 26.1 Å². The Labute approximate surface area is 122 Å². The highest BCUT2D eigenvalue weighted by Crippen LogP contribution is 2.42. The number of pyridine rings is 1. The van der Waals surface area contributed by atoms with Crippen molar-refractivity contribution in [3.63, 3.8) is 0 Å². The van der Waals surface area contributed by atoms with Gasteiger partial charge in [-0.05, 0) is 52.4 Å². The molecule has 4 heteroatoms. The van der Waals surface area contributed by atoms with E-state index < -0.39 is 0 Å². The zero-order valence-corrected chi connectivity index (χ0v) is 13.1. The number of nitrogens with two attached hydrogens (primary N) is 1. The summed E-state index contributed by atoms with van der Waals surface area (Å²) < 4.78 is 5.73. The van der Waals surface area contributed by atoms with Crippen molar-refractivity contribution < 1.29 is 4.74 Å². The van der Waals surface area contributed by atoms with Crippen molar-refractivity contribution in [1.29, 1.82) is 0 Å². The van der Waals surface area contributed by atoms with Crippen molar-refractivity contribution in [1.82, 2.24) is 9.88 Å². The summed E-state index contributed by atoms with van der Waals surface area (Å²) >= 11 is 0. The normalized spacial score (nSPS) is 19.6. The van der Waals surface area contributed by atoms with Crippen molar-refractivity contribution in [3.05, 3.63) is 24.0 Å². The van der Waals surface area contributed by atoms with Crippen LogP contribution in [-0.2, 0) is 0 Å². The predicted octanol–water partition coefficient (Wildman–Crippen LogP) is 2.74.